The van der Waals surface area contributed by atoms with E-state index in [2.05, 4.69) is 0 Å². The van der Waals surface area contributed by atoms with Crippen LogP contribution < -0.4 is 0 Å². The number of piperidine rings is 1. The Kier molecular flexibility index (Phi) is 4.65. The summed E-state index contributed by atoms with van der Waals surface area (Å²) in [4.78, 5) is 26.4. The number of likely N-dealkylation sites (tertiary alicyclic amines) is 1. The van der Waals surface area contributed by atoms with Crippen molar-refractivity contribution in [3.8, 4) is 5.75 Å². The van der Waals surface area contributed by atoms with E-state index in [9.17, 15) is 14.7 Å². The number of aromatic hydroxyl groups is 1. The van der Waals surface area contributed by atoms with Crippen LogP contribution in [0.4, 0.5) is 0 Å². The number of ketones is 1. The zero-order chi connectivity index (χ0) is 17.1. The van der Waals surface area contributed by atoms with E-state index in [1.807, 2.05) is 31.2 Å². The normalized spacial score (nSPS) is 15.3. The van der Waals surface area contributed by atoms with Crippen LogP contribution in [0.25, 0.3) is 0 Å². The van der Waals surface area contributed by atoms with Crippen molar-refractivity contribution >= 4 is 11.7 Å². The molecule has 0 saturated carbocycles. The second-order valence-corrected chi connectivity index (χ2v) is 6.35. The molecule has 4 nitrogen and oxygen atoms in total. The third-order valence-corrected chi connectivity index (χ3v) is 4.65. The fraction of sp³-hybridized carbons (Fsp3) is 0.300. The molecule has 2 aromatic carbocycles. The average molecular weight is 323 g/mol. The van der Waals surface area contributed by atoms with Gasteiger partial charge in [0.2, 0.25) is 5.78 Å². The second-order valence-electron chi connectivity index (χ2n) is 6.35. The first-order valence-electron chi connectivity index (χ1n) is 8.24. The molecule has 1 fully saturated rings. The molecule has 4 heteroatoms. The Balaban J connectivity index is 1.61. The molecular weight excluding hydrogens is 302 g/mol. The lowest BCUT2D eigenvalue weighted by molar-refractivity contribution is -0.127. The van der Waals surface area contributed by atoms with E-state index in [1.165, 1.54) is 5.56 Å². The van der Waals surface area contributed by atoms with E-state index in [0.29, 0.717) is 24.6 Å². The number of Topliss-reactive ketones (excluding diaryl/α,β-unsaturated/α-hetero) is 1. The Bertz CT molecular complexity index is 726. The molecule has 0 atom stereocenters. The summed E-state index contributed by atoms with van der Waals surface area (Å²) >= 11 is 0. The van der Waals surface area contributed by atoms with Gasteiger partial charge in [0, 0.05) is 18.7 Å². The van der Waals surface area contributed by atoms with Crippen LogP contribution in [-0.4, -0.2) is 34.8 Å². The number of carbonyl (C=O) groups is 2. The van der Waals surface area contributed by atoms with E-state index in [0.717, 1.165) is 18.4 Å². The highest BCUT2D eigenvalue weighted by Crippen LogP contribution is 2.29. The highest BCUT2D eigenvalue weighted by Gasteiger charge is 2.28. The van der Waals surface area contributed by atoms with Crippen molar-refractivity contribution in [1.82, 2.24) is 4.90 Å². The van der Waals surface area contributed by atoms with E-state index < -0.39 is 11.7 Å². The van der Waals surface area contributed by atoms with Gasteiger partial charge in [0.15, 0.2) is 0 Å². The number of rotatable bonds is 3. The van der Waals surface area contributed by atoms with Gasteiger partial charge in [-0.15, -0.1) is 0 Å². The molecule has 0 aromatic heterocycles. The van der Waals surface area contributed by atoms with Crippen molar-refractivity contribution in [1.29, 1.82) is 0 Å². The summed E-state index contributed by atoms with van der Waals surface area (Å²) in [5, 5.41) is 9.37. The number of aryl methyl sites for hydroxylation is 1. The minimum absolute atomic E-state index is 0.259. The fourth-order valence-electron chi connectivity index (χ4n) is 3.13. The van der Waals surface area contributed by atoms with Crippen molar-refractivity contribution < 1.29 is 14.7 Å². The van der Waals surface area contributed by atoms with E-state index in [1.54, 1.807) is 29.2 Å². The summed E-state index contributed by atoms with van der Waals surface area (Å²) in [6.45, 7) is 3.12. The molecule has 0 bridgehead atoms. The second kappa shape index (κ2) is 6.87. The highest BCUT2D eigenvalue weighted by molar-refractivity contribution is 6.42. The maximum atomic E-state index is 12.4. The largest absolute Gasteiger partial charge is 0.508 e. The lowest BCUT2D eigenvalue weighted by atomic mass is 9.89. The van der Waals surface area contributed by atoms with Gasteiger partial charge in [-0.05, 0) is 43.4 Å². The minimum atomic E-state index is -0.432. The van der Waals surface area contributed by atoms with Gasteiger partial charge in [0.1, 0.15) is 5.75 Å². The molecule has 0 aliphatic carbocycles. The minimum Gasteiger partial charge on any atom is -0.508 e. The van der Waals surface area contributed by atoms with Crippen LogP contribution in [0.1, 0.15) is 40.2 Å². The van der Waals surface area contributed by atoms with Crippen LogP contribution in [0.5, 0.6) is 5.75 Å². The molecule has 1 saturated heterocycles. The highest BCUT2D eigenvalue weighted by atomic mass is 16.3. The Labute approximate surface area is 141 Å². The van der Waals surface area contributed by atoms with Crippen molar-refractivity contribution in [3.63, 3.8) is 0 Å². The monoisotopic (exact) mass is 323 g/mol. The molecule has 1 heterocycles. The molecule has 1 N–H and O–H groups in total. The zero-order valence-electron chi connectivity index (χ0n) is 13.7. The van der Waals surface area contributed by atoms with Crippen LogP contribution >= 0.6 is 0 Å². The maximum absolute atomic E-state index is 12.4. The van der Waals surface area contributed by atoms with E-state index in [-0.39, 0.29) is 5.75 Å². The summed E-state index contributed by atoms with van der Waals surface area (Å²) < 4.78 is 0. The van der Waals surface area contributed by atoms with Crippen LogP contribution in [0, 0.1) is 6.92 Å². The molecular formula is C20H21NO3. The van der Waals surface area contributed by atoms with Crippen LogP contribution in [-0.2, 0) is 4.79 Å². The predicted octanol–water partition coefficient (Wildman–Crippen LogP) is 3.29. The molecule has 0 spiro atoms. The lowest BCUT2D eigenvalue weighted by Crippen LogP contribution is -2.41. The van der Waals surface area contributed by atoms with Crippen LogP contribution in [0.2, 0.25) is 0 Å². The standard InChI is InChI=1S/C20H21NO3/c1-14-2-4-17(5-3-14)19(23)20(24)21-12-10-16(11-13-21)15-6-8-18(22)9-7-15/h2-9,16,22H,10-13H2,1H3. The number of nitrogens with zero attached hydrogens (tertiary/aromatic N) is 1. The lowest BCUT2D eigenvalue weighted by Gasteiger charge is -2.31. The summed E-state index contributed by atoms with van der Waals surface area (Å²) in [5.74, 6) is -0.222. The molecule has 1 aliphatic heterocycles. The Morgan fingerprint density at radius 1 is 0.958 bits per heavy atom. The molecule has 1 aliphatic rings. The van der Waals surface area contributed by atoms with Gasteiger partial charge in [-0.1, -0.05) is 42.0 Å². The van der Waals surface area contributed by atoms with Crippen molar-refractivity contribution in [3.05, 3.63) is 65.2 Å². The molecule has 0 radical (unpaired) electrons. The third kappa shape index (κ3) is 3.48. The molecule has 24 heavy (non-hydrogen) atoms. The number of benzene rings is 2. The number of hydrogen-bond donors (Lipinski definition) is 1. The summed E-state index contributed by atoms with van der Waals surface area (Å²) in [5.41, 5.74) is 2.68. The van der Waals surface area contributed by atoms with Crippen LogP contribution in [0.3, 0.4) is 0 Å². The molecule has 124 valence electrons. The van der Waals surface area contributed by atoms with Gasteiger partial charge in [0.25, 0.3) is 5.91 Å². The zero-order valence-corrected chi connectivity index (χ0v) is 13.7. The Morgan fingerprint density at radius 2 is 1.54 bits per heavy atom. The van der Waals surface area contributed by atoms with Gasteiger partial charge in [-0.2, -0.15) is 0 Å². The molecule has 0 unspecified atom stereocenters. The van der Waals surface area contributed by atoms with E-state index in [4.69, 9.17) is 0 Å². The number of hydrogen-bond acceptors (Lipinski definition) is 3. The van der Waals surface area contributed by atoms with Gasteiger partial charge in [-0.3, -0.25) is 9.59 Å². The third-order valence-electron chi connectivity index (χ3n) is 4.65. The average Bonchev–Trinajstić information content (AvgIpc) is 2.62. The first-order chi connectivity index (χ1) is 11.5. The van der Waals surface area contributed by atoms with Gasteiger partial charge < -0.3 is 10.0 Å². The maximum Gasteiger partial charge on any atom is 0.294 e. The quantitative estimate of drug-likeness (QED) is 0.696. The SMILES string of the molecule is Cc1ccc(C(=O)C(=O)N2CCC(c3ccc(O)cc3)CC2)cc1. The predicted molar refractivity (Wildman–Crippen MR) is 92.2 cm³/mol. The number of carbonyl (C=O) groups excluding carboxylic acids is 2. The summed E-state index contributed by atoms with van der Waals surface area (Å²) in [7, 11) is 0. The first-order valence-corrected chi connectivity index (χ1v) is 8.24. The van der Waals surface area contributed by atoms with Crippen molar-refractivity contribution in [2.45, 2.75) is 25.7 Å². The Hall–Kier alpha value is -2.62. The smallest absolute Gasteiger partial charge is 0.294 e. The summed E-state index contributed by atoms with van der Waals surface area (Å²) in [6.07, 6.45) is 1.66. The van der Waals surface area contributed by atoms with Crippen LogP contribution in [0.15, 0.2) is 48.5 Å². The van der Waals surface area contributed by atoms with Crippen molar-refractivity contribution in [2.75, 3.05) is 13.1 Å². The topological polar surface area (TPSA) is 57.6 Å². The summed E-state index contributed by atoms with van der Waals surface area (Å²) in [6, 6.07) is 14.3. The fourth-order valence-corrected chi connectivity index (χ4v) is 3.13. The van der Waals surface area contributed by atoms with E-state index >= 15 is 0 Å². The van der Waals surface area contributed by atoms with Crippen molar-refractivity contribution in [2.24, 2.45) is 0 Å². The molecule has 3 rings (SSSR count). The van der Waals surface area contributed by atoms with Gasteiger partial charge >= 0.3 is 0 Å². The van der Waals surface area contributed by atoms with Gasteiger partial charge in [0.05, 0.1) is 0 Å². The molecule has 1 amide bonds. The first kappa shape index (κ1) is 16.2. The molecule has 2 aromatic rings. The number of amides is 1. The Morgan fingerprint density at radius 3 is 2.12 bits per heavy atom. The number of phenolic OH excluding ortho intramolecular Hbond substituents is 1. The number of phenols is 1. The van der Waals surface area contributed by atoms with Gasteiger partial charge in [-0.25, -0.2) is 0 Å².